The van der Waals surface area contributed by atoms with Crippen LogP contribution >= 0.6 is 0 Å². The number of imidazole rings is 1. The Kier molecular flexibility index (Phi) is 4.70. The summed E-state index contributed by atoms with van der Waals surface area (Å²) >= 11 is 0. The van der Waals surface area contributed by atoms with Gasteiger partial charge in [0.15, 0.2) is 5.65 Å². The summed E-state index contributed by atoms with van der Waals surface area (Å²) < 4.78 is 7.87. The third-order valence-corrected chi connectivity index (χ3v) is 4.36. The van der Waals surface area contributed by atoms with E-state index in [0.717, 1.165) is 42.9 Å². The number of hydrogen-bond acceptors (Lipinski definition) is 5. The summed E-state index contributed by atoms with van der Waals surface area (Å²) in [5.74, 6) is 0. The Bertz CT molecular complexity index is 853. The molecule has 3 heterocycles. The Hall–Kier alpha value is -2.73. The van der Waals surface area contributed by atoms with E-state index in [0.29, 0.717) is 0 Å². The highest BCUT2D eigenvalue weighted by atomic mass is 16.5. The quantitative estimate of drug-likeness (QED) is 0.775. The SMILES string of the molecule is C(=C/c1ncnc2c1ncn2C1CCCCO1)/NCc1ccccc1. The molecule has 0 radical (unpaired) electrons. The zero-order chi connectivity index (χ0) is 16.9. The number of rotatable bonds is 5. The van der Waals surface area contributed by atoms with E-state index in [-0.39, 0.29) is 6.23 Å². The lowest BCUT2D eigenvalue weighted by atomic mass is 10.2. The maximum absolute atomic E-state index is 5.85. The van der Waals surface area contributed by atoms with E-state index < -0.39 is 0 Å². The van der Waals surface area contributed by atoms with Crippen LogP contribution in [0.15, 0.2) is 49.2 Å². The molecule has 1 aliphatic rings. The second-order valence-electron chi connectivity index (χ2n) is 6.10. The van der Waals surface area contributed by atoms with Crippen molar-refractivity contribution in [3.63, 3.8) is 0 Å². The molecule has 6 nitrogen and oxygen atoms in total. The fourth-order valence-corrected chi connectivity index (χ4v) is 3.06. The van der Waals surface area contributed by atoms with Gasteiger partial charge in [-0.1, -0.05) is 30.3 Å². The Balaban J connectivity index is 1.50. The van der Waals surface area contributed by atoms with Crippen molar-refractivity contribution in [3.05, 3.63) is 60.4 Å². The average molecular weight is 335 g/mol. The van der Waals surface area contributed by atoms with E-state index in [4.69, 9.17) is 4.74 Å². The number of hydrogen-bond donors (Lipinski definition) is 1. The molecule has 25 heavy (non-hydrogen) atoms. The summed E-state index contributed by atoms with van der Waals surface area (Å²) in [6.45, 7) is 1.57. The molecule has 0 amide bonds. The van der Waals surface area contributed by atoms with Gasteiger partial charge in [-0.2, -0.15) is 0 Å². The molecule has 128 valence electrons. The standard InChI is InChI=1S/C19H21N5O/c1-2-6-15(7-3-1)12-20-10-9-16-18-19(22-13-21-16)24(14-23-18)17-8-4-5-11-25-17/h1-3,6-7,9-10,13-14,17,20H,4-5,8,11-12H2/b10-9-. The van der Waals surface area contributed by atoms with E-state index in [1.807, 2.05) is 41.4 Å². The lowest BCUT2D eigenvalue weighted by Crippen LogP contribution is -2.17. The Morgan fingerprint density at radius 1 is 1.16 bits per heavy atom. The van der Waals surface area contributed by atoms with Crippen molar-refractivity contribution in [1.29, 1.82) is 0 Å². The van der Waals surface area contributed by atoms with Gasteiger partial charge in [-0.25, -0.2) is 15.0 Å². The number of nitrogens with one attached hydrogen (secondary N) is 1. The third kappa shape index (κ3) is 3.53. The van der Waals surface area contributed by atoms with Crippen LogP contribution in [-0.4, -0.2) is 26.1 Å². The second kappa shape index (κ2) is 7.44. The first-order valence-corrected chi connectivity index (χ1v) is 8.65. The van der Waals surface area contributed by atoms with Gasteiger partial charge < -0.3 is 10.1 Å². The van der Waals surface area contributed by atoms with Gasteiger partial charge in [0.25, 0.3) is 0 Å². The summed E-state index contributed by atoms with van der Waals surface area (Å²) in [5, 5.41) is 3.28. The molecule has 4 rings (SSSR count). The van der Waals surface area contributed by atoms with Crippen molar-refractivity contribution in [2.75, 3.05) is 6.61 Å². The topological polar surface area (TPSA) is 64.9 Å². The normalized spacial score (nSPS) is 18.0. The first-order chi connectivity index (χ1) is 12.4. The lowest BCUT2D eigenvalue weighted by Gasteiger charge is -2.23. The maximum atomic E-state index is 5.85. The molecule has 3 aromatic rings. The van der Waals surface area contributed by atoms with E-state index in [2.05, 4.69) is 32.4 Å². The minimum atomic E-state index is 0.0293. The fourth-order valence-electron chi connectivity index (χ4n) is 3.06. The predicted octanol–water partition coefficient (Wildman–Crippen LogP) is 3.29. The molecule has 2 aromatic heterocycles. The van der Waals surface area contributed by atoms with Crippen LogP contribution in [0.25, 0.3) is 17.2 Å². The molecule has 6 heteroatoms. The fraction of sp³-hybridized carbons (Fsp3) is 0.316. The third-order valence-electron chi connectivity index (χ3n) is 4.36. The van der Waals surface area contributed by atoms with Crippen LogP contribution in [0.1, 0.15) is 36.7 Å². The Morgan fingerprint density at radius 2 is 2.08 bits per heavy atom. The zero-order valence-electron chi connectivity index (χ0n) is 14.0. The molecule has 0 bridgehead atoms. The molecule has 1 aromatic carbocycles. The Labute approximate surface area is 146 Å². The second-order valence-corrected chi connectivity index (χ2v) is 6.10. The predicted molar refractivity (Wildman–Crippen MR) is 96.5 cm³/mol. The van der Waals surface area contributed by atoms with Gasteiger partial charge in [-0.05, 0) is 37.1 Å². The van der Waals surface area contributed by atoms with Crippen molar-refractivity contribution < 1.29 is 4.74 Å². The first kappa shape index (κ1) is 15.8. The summed E-state index contributed by atoms with van der Waals surface area (Å²) in [4.78, 5) is 13.3. The number of ether oxygens (including phenoxy) is 1. The van der Waals surface area contributed by atoms with Gasteiger partial charge in [0, 0.05) is 13.2 Å². The summed E-state index contributed by atoms with van der Waals surface area (Å²) in [6, 6.07) is 10.3. The van der Waals surface area contributed by atoms with Crippen LogP contribution in [-0.2, 0) is 11.3 Å². The number of nitrogens with zero attached hydrogens (tertiary/aromatic N) is 4. The van der Waals surface area contributed by atoms with E-state index in [1.165, 1.54) is 12.0 Å². The Morgan fingerprint density at radius 3 is 2.92 bits per heavy atom. The van der Waals surface area contributed by atoms with Gasteiger partial charge in [-0.3, -0.25) is 4.57 Å². The van der Waals surface area contributed by atoms with E-state index in [1.54, 1.807) is 6.33 Å². The van der Waals surface area contributed by atoms with Crippen LogP contribution in [0.2, 0.25) is 0 Å². The van der Waals surface area contributed by atoms with Crippen LogP contribution in [0, 0.1) is 0 Å². The minimum absolute atomic E-state index is 0.0293. The van der Waals surface area contributed by atoms with Crippen molar-refractivity contribution in [2.24, 2.45) is 0 Å². The van der Waals surface area contributed by atoms with Crippen molar-refractivity contribution in [3.8, 4) is 0 Å². The van der Waals surface area contributed by atoms with Crippen LogP contribution in [0.5, 0.6) is 0 Å². The minimum Gasteiger partial charge on any atom is -0.387 e. The molecule has 1 N–H and O–H groups in total. The van der Waals surface area contributed by atoms with Crippen LogP contribution in [0.3, 0.4) is 0 Å². The zero-order valence-corrected chi connectivity index (χ0v) is 14.0. The van der Waals surface area contributed by atoms with E-state index >= 15 is 0 Å². The van der Waals surface area contributed by atoms with Gasteiger partial charge in [0.05, 0.1) is 12.0 Å². The number of aromatic nitrogens is 4. The average Bonchev–Trinajstić information content (AvgIpc) is 3.12. The molecule has 1 saturated heterocycles. The van der Waals surface area contributed by atoms with Gasteiger partial charge in [0.1, 0.15) is 18.1 Å². The van der Waals surface area contributed by atoms with Crippen LogP contribution < -0.4 is 5.32 Å². The van der Waals surface area contributed by atoms with Crippen LogP contribution in [0.4, 0.5) is 0 Å². The summed E-state index contributed by atoms with van der Waals surface area (Å²) in [5.41, 5.74) is 3.66. The van der Waals surface area contributed by atoms with Gasteiger partial charge >= 0.3 is 0 Å². The highest BCUT2D eigenvalue weighted by Gasteiger charge is 2.19. The molecule has 0 aliphatic carbocycles. The molecule has 1 fully saturated rings. The highest BCUT2D eigenvalue weighted by molar-refractivity contribution is 5.79. The molecule has 0 saturated carbocycles. The molecular formula is C19H21N5O. The number of benzene rings is 1. The molecule has 1 atom stereocenters. The summed E-state index contributed by atoms with van der Waals surface area (Å²) in [7, 11) is 0. The monoisotopic (exact) mass is 335 g/mol. The van der Waals surface area contributed by atoms with Gasteiger partial charge in [-0.15, -0.1) is 0 Å². The highest BCUT2D eigenvalue weighted by Crippen LogP contribution is 2.26. The van der Waals surface area contributed by atoms with Gasteiger partial charge in [0.2, 0.25) is 0 Å². The largest absolute Gasteiger partial charge is 0.387 e. The molecule has 1 aliphatic heterocycles. The van der Waals surface area contributed by atoms with Crippen molar-refractivity contribution >= 4 is 17.2 Å². The molecule has 0 spiro atoms. The molecule has 1 unspecified atom stereocenters. The lowest BCUT2D eigenvalue weighted by molar-refractivity contribution is -0.0298. The maximum Gasteiger partial charge on any atom is 0.165 e. The van der Waals surface area contributed by atoms with Crippen molar-refractivity contribution in [2.45, 2.75) is 32.0 Å². The summed E-state index contributed by atoms with van der Waals surface area (Å²) in [6.07, 6.45) is 10.6. The van der Waals surface area contributed by atoms with E-state index in [9.17, 15) is 0 Å². The number of fused-ring (bicyclic) bond motifs is 1. The first-order valence-electron chi connectivity index (χ1n) is 8.65. The molecular weight excluding hydrogens is 314 g/mol. The van der Waals surface area contributed by atoms with Crippen molar-refractivity contribution in [1.82, 2.24) is 24.8 Å². The smallest absolute Gasteiger partial charge is 0.165 e.